The molecule has 0 aromatic carbocycles. The van der Waals surface area contributed by atoms with Crippen molar-refractivity contribution in [2.45, 2.75) is 90.8 Å². The lowest BCUT2D eigenvalue weighted by molar-refractivity contribution is 0.0964. The third-order valence-corrected chi connectivity index (χ3v) is 4.54. The molecule has 0 amide bonds. The van der Waals surface area contributed by atoms with Crippen molar-refractivity contribution in [3.8, 4) is 0 Å². The van der Waals surface area contributed by atoms with Crippen LogP contribution in [0.3, 0.4) is 0 Å². The van der Waals surface area contributed by atoms with Gasteiger partial charge in [-0.1, -0.05) is 33.6 Å². The van der Waals surface area contributed by atoms with Gasteiger partial charge in [0.1, 0.15) is 0 Å². The van der Waals surface area contributed by atoms with Crippen LogP contribution in [0.15, 0.2) is 0 Å². The fourth-order valence-corrected chi connectivity index (χ4v) is 3.28. The maximum absolute atomic E-state index is 3.66. The molecule has 0 spiro atoms. The first-order valence-electron chi connectivity index (χ1n) is 8.21. The van der Waals surface area contributed by atoms with E-state index in [1.807, 2.05) is 0 Å². The van der Waals surface area contributed by atoms with Gasteiger partial charge in [-0.15, -0.1) is 0 Å². The van der Waals surface area contributed by atoms with Crippen molar-refractivity contribution >= 4 is 0 Å². The first kappa shape index (κ1) is 16.0. The van der Waals surface area contributed by atoms with E-state index < -0.39 is 0 Å². The minimum Gasteiger partial charge on any atom is -0.314 e. The van der Waals surface area contributed by atoms with Crippen molar-refractivity contribution in [3.05, 3.63) is 0 Å². The number of rotatable bonds is 8. The lowest BCUT2D eigenvalue weighted by Crippen LogP contribution is -2.48. The second kappa shape index (κ2) is 8.92. The van der Waals surface area contributed by atoms with Crippen molar-refractivity contribution < 1.29 is 0 Å². The molecule has 18 heavy (non-hydrogen) atoms. The Labute approximate surface area is 115 Å². The standard InChI is InChI=1S/C16H34N2/c1-5-8-12-18(14(4)6-2)16-11-9-10-15(13-16)17-7-3/h14-17H,5-13H2,1-4H3. The largest absolute Gasteiger partial charge is 0.314 e. The van der Waals surface area contributed by atoms with E-state index in [9.17, 15) is 0 Å². The SMILES string of the molecule is CCCCN(C(C)CC)C1CCCC(NCC)C1. The highest BCUT2D eigenvalue weighted by molar-refractivity contribution is 4.85. The number of hydrogen-bond donors (Lipinski definition) is 1. The minimum atomic E-state index is 0.752. The summed E-state index contributed by atoms with van der Waals surface area (Å²) in [7, 11) is 0. The number of nitrogens with one attached hydrogen (secondary N) is 1. The van der Waals surface area contributed by atoms with Crippen molar-refractivity contribution in [1.29, 1.82) is 0 Å². The zero-order valence-corrected chi connectivity index (χ0v) is 13.0. The molecule has 0 aromatic rings. The summed E-state index contributed by atoms with van der Waals surface area (Å²) in [5.41, 5.74) is 0. The van der Waals surface area contributed by atoms with Crippen LogP contribution in [0.2, 0.25) is 0 Å². The van der Waals surface area contributed by atoms with E-state index in [0.29, 0.717) is 0 Å². The molecule has 3 atom stereocenters. The molecule has 0 radical (unpaired) electrons. The summed E-state index contributed by atoms with van der Waals surface area (Å²) < 4.78 is 0. The van der Waals surface area contributed by atoms with E-state index in [1.54, 1.807) is 0 Å². The van der Waals surface area contributed by atoms with Crippen LogP contribution in [0.1, 0.15) is 72.6 Å². The van der Waals surface area contributed by atoms with E-state index in [-0.39, 0.29) is 0 Å². The molecule has 0 aliphatic heterocycles. The molecule has 0 aromatic heterocycles. The highest BCUT2D eigenvalue weighted by atomic mass is 15.2. The summed E-state index contributed by atoms with van der Waals surface area (Å²) in [6, 6.07) is 2.34. The van der Waals surface area contributed by atoms with Crippen LogP contribution >= 0.6 is 0 Å². The monoisotopic (exact) mass is 254 g/mol. The highest BCUT2D eigenvalue weighted by Gasteiger charge is 2.28. The normalized spacial score (nSPS) is 26.5. The number of hydrogen-bond acceptors (Lipinski definition) is 2. The first-order valence-corrected chi connectivity index (χ1v) is 8.21. The molecule has 1 N–H and O–H groups in total. The van der Waals surface area contributed by atoms with Gasteiger partial charge in [0.25, 0.3) is 0 Å². The fourth-order valence-electron chi connectivity index (χ4n) is 3.28. The van der Waals surface area contributed by atoms with E-state index in [0.717, 1.165) is 24.7 Å². The smallest absolute Gasteiger partial charge is 0.0113 e. The van der Waals surface area contributed by atoms with E-state index in [4.69, 9.17) is 0 Å². The Morgan fingerprint density at radius 3 is 2.61 bits per heavy atom. The Bertz CT molecular complexity index is 203. The maximum atomic E-state index is 3.66. The summed E-state index contributed by atoms with van der Waals surface area (Å²) >= 11 is 0. The molecule has 2 nitrogen and oxygen atoms in total. The van der Waals surface area contributed by atoms with Gasteiger partial charge in [-0.05, 0) is 52.1 Å². The van der Waals surface area contributed by atoms with Gasteiger partial charge in [0.05, 0.1) is 0 Å². The average molecular weight is 254 g/mol. The van der Waals surface area contributed by atoms with Crippen LogP contribution in [-0.2, 0) is 0 Å². The summed E-state index contributed by atoms with van der Waals surface area (Å²) in [6.45, 7) is 11.7. The predicted octanol–water partition coefficient (Wildman–Crippen LogP) is 3.81. The Morgan fingerprint density at radius 1 is 1.22 bits per heavy atom. The Hall–Kier alpha value is -0.0800. The minimum absolute atomic E-state index is 0.752. The van der Waals surface area contributed by atoms with Gasteiger partial charge in [-0.2, -0.15) is 0 Å². The van der Waals surface area contributed by atoms with Crippen molar-refractivity contribution in [2.24, 2.45) is 0 Å². The molecular weight excluding hydrogens is 220 g/mol. The molecule has 1 fully saturated rings. The molecule has 108 valence electrons. The number of nitrogens with zero attached hydrogens (tertiary/aromatic N) is 1. The highest BCUT2D eigenvalue weighted by Crippen LogP contribution is 2.25. The molecular formula is C16H34N2. The van der Waals surface area contributed by atoms with Gasteiger partial charge in [0.2, 0.25) is 0 Å². The van der Waals surface area contributed by atoms with Crippen LogP contribution in [0.5, 0.6) is 0 Å². The van der Waals surface area contributed by atoms with Gasteiger partial charge in [0, 0.05) is 18.1 Å². The molecule has 1 rings (SSSR count). The van der Waals surface area contributed by atoms with Crippen LogP contribution in [-0.4, -0.2) is 36.1 Å². The summed E-state index contributed by atoms with van der Waals surface area (Å²) in [6.07, 6.45) is 9.51. The average Bonchev–Trinajstić information content (AvgIpc) is 2.39. The predicted molar refractivity (Wildman–Crippen MR) is 81.1 cm³/mol. The first-order chi connectivity index (χ1) is 8.72. The third kappa shape index (κ3) is 4.89. The van der Waals surface area contributed by atoms with Gasteiger partial charge in [0.15, 0.2) is 0 Å². The van der Waals surface area contributed by atoms with E-state index >= 15 is 0 Å². The zero-order chi connectivity index (χ0) is 13.4. The van der Waals surface area contributed by atoms with Crippen LogP contribution in [0.4, 0.5) is 0 Å². The quantitative estimate of drug-likeness (QED) is 0.708. The van der Waals surface area contributed by atoms with Crippen LogP contribution in [0, 0.1) is 0 Å². The fraction of sp³-hybridized carbons (Fsp3) is 1.00. The molecule has 1 aliphatic carbocycles. The summed E-state index contributed by atoms with van der Waals surface area (Å²) in [4.78, 5) is 2.80. The Kier molecular flexibility index (Phi) is 7.92. The lowest BCUT2D eigenvalue weighted by atomic mass is 9.88. The van der Waals surface area contributed by atoms with Crippen molar-refractivity contribution in [2.75, 3.05) is 13.1 Å². The summed E-state index contributed by atoms with van der Waals surface area (Å²) in [5.74, 6) is 0. The van der Waals surface area contributed by atoms with Crippen LogP contribution < -0.4 is 5.32 Å². The van der Waals surface area contributed by atoms with Crippen molar-refractivity contribution in [3.63, 3.8) is 0 Å². The molecule has 3 unspecified atom stereocenters. The van der Waals surface area contributed by atoms with Crippen LogP contribution in [0.25, 0.3) is 0 Å². The second-order valence-electron chi connectivity index (χ2n) is 5.92. The number of unbranched alkanes of at least 4 members (excludes halogenated alkanes) is 1. The second-order valence-corrected chi connectivity index (χ2v) is 5.92. The van der Waals surface area contributed by atoms with Gasteiger partial charge in [-0.3, -0.25) is 4.90 Å². The van der Waals surface area contributed by atoms with Crippen molar-refractivity contribution in [1.82, 2.24) is 10.2 Å². The summed E-state index contributed by atoms with van der Waals surface area (Å²) in [5, 5.41) is 3.66. The van der Waals surface area contributed by atoms with Gasteiger partial charge < -0.3 is 5.32 Å². The molecule has 2 heteroatoms. The molecule has 1 aliphatic rings. The molecule has 0 saturated heterocycles. The van der Waals surface area contributed by atoms with E-state index in [1.165, 1.54) is 51.5 Å². The lowest BCUT2D eigenvalue weighted by Gasteiger charge is -2.41. The molecule has 0 heterocycles. The van der Waals surface area contributed by atoms with E-state index in [2.05, 4.69) is 37.9 Å². The van der Waals surface area contributed by atoms with Gasteiger partial charge in [-0.25, -0.2) is 0 Å². The van der Waals surface area contributed by atoms with Gasteiger partial charge >= 0.3 is 0 Å². The Balaban J connectivity index is 2.54. The molecule has 0 bridgehead atoms. The zero-order valence-electron chi connectivity index (χ0n) is 13.0. The third-order valence-electron chi connectivity index (χ3n) is 4.54. The maximum Gasteiger partial charge on any atom is 0.0113 e. The topological polar surface area (TPSA) is 15.3 Å². The molecule has 1 saturated carbocycles. The Morgan fingerprint density at radius 2 is 2.00 bits per heavy atom.